The molecule has 0 aromatic carbocycles. The van der Waals surface area contributed by atoms with Crippen molar-refractivity contribution >= 4 is 12.4 Å². The number of hydrogen-bond acceptors (Lipinski definition) is 4. The van der Waals surface area contributed by atoms with Gasteiger partial charge in [-0.1, -0.05) is 0 Å². The molecule has 12 heavy (non-hydrogen) atoms. The Kier molecular flexibility index (Phi) is 5.04. The average Bonchev–Trinajstić information content (AvgIpc) is 2.04. The van der Waals surface area contributed by atoms with Gasteiger partial charge < -0.3 is 14.2 Å². The Morgan fingerprint density at radius 2 is 1.92 bits per heavy atom. The minimum Gasteiger partial charge on any atom is -0.330 e. The topological polar surface area (TPSA) is 30.9 Å². The van der Waals surface area contributed by atoms with Gasteiger partial charge in [-0.3, -0.25) is 4.90 Å². The van der Waals surface area contributed by atoms with E-state index in [-0.39, 0.29) is 12.4 Å². The fraction of sp³-hybridized carbons (Fsp3) is 1.00. The van der Waals surface area contributed by atoms with Crippen LogP contribution < -0.4 is 0 Å². The maximum Gasteiger partial charge on any atom is 0.295 e. The molecule has 1 aliphatic heterocycles. The van der Waals surface area contributed by atoms with E-state index in [1.807, 2.05) is 7.05 Å². The van der Waals surface area contributed by atoms with Crippen molar-refractivity contribution in [2.45, 2.75) is 5.97 Å². The SMILES string of the molecule is COC1(OC)CN(C)CCO1.Cl. The second-order valence-electron chi connectivity index (χ2n) is 2.68. The zero-order chi connectivity index (χ0) is 8.32. The Hall–Kier alpha value is 0.130. The summed E-state index contributed by atoms with van der Waals surface area (Å²) in [5.41, 5.74) is 0. The fourth-order valence-electron chi connectivity index (χ4n) is 1.14. The maximum atomic E-state index is 5.35. The van der Waals surface area contributed by atoms with E-state index < -0.39 is 5.97 Å². The molecule has 0 saturated carbocycles. The van der Waals surface area contributed by atoms with Gasteiger partial charge >= 0.3 is 0 Å². The van der Waals surface area contributed by atoms with Crippen molar-refractivity contribution < 1.29 is 14.2 Å². The second kappa shape index (κ2) is 4.99. The number of hydrogen-bond donors (Lipinski definition) is 0. The van der Waals surface area contributed by atoms with Crippen molar-refractivity contribution in [1.82, 2.24) is 4.90 Å². The van der Waals surface area contributed by atoms with Gasteiger partial charge in [0.25, 0.3) is 5.97 Å². The van der Waals surface area contributed by atoms with Crippen LogP contribution in [0.5, 0.6) is 0 Å². The van der Waals surface area contributed by atoms with Crippen LogP contribution in [-0.2, 0) is 14.2 Å². The highest BCUT2D eigenvalue weighted by atomic mass is 35.5. The first-order valence-electron chi connectivity index (χ1n) is 3.65. The largest absolute Gasteiger partial charge is 0.330 e. The summed E-state index contributed by atoms with van der Waals surface area (Å²) in [7, 11) is 5.18. The highest BCUT2D eigenvalue weighted by Gasteiger charge is 2.35. The molecule has 0 bridgehead atoms. The Morgan fingerprint density at radius 3 is 2.25 bits per heavy atom. The van der Waals surface area contributed by atoms with Crippen molar-refractivity contribution in [2.75, 3.05) is 41.0 Å². The molecule has 0 aliphatic carbocycles. The number of halogens is 1. The van der Waals surface area contributed by atoms with Crippen LogP contribution in [-0.4, -0.2) is 51.8 Å². The molecule has 1 aliphatic rings. The van der Waals surface area contributed by atoms with Gasteiger partial charge in [-0.25, -0.2) is 0 Å². The van der Waals surface area contributed by atoms with Crippen molar-refractivity contribution in [3.05, 3.63) is 0 Å². The summed E-state index contributed by atoms with van der Waals surface area (Å²) in [6.45, 7) is 2.23. The molecule has 0 unspecified atom stereocenters. The third kappa shape index (κ3) is 2.57. The summed E-state index contributed by atoms with van der Waals surface area (Å²) in [6, 6.07) is 0. The van der Waals surface area contributed by atoms with E-state index in [2.05, 4.69) is 4.90 Å². The molecule has 0 amide bonds. The first kappa shape index (κ1) is 12.1. The van der Waals surface area contributed by atoms with E-state index in [0.29, 0.717) is 13.2 Å². The zero-order valence-corrected chi connectivity index (χ0v) is 8.52. The predicted octanol–water partition coefficient (Wildman–Crippen LogP) is 0.317. The normalized spacial score (nSPS) is 23.2. The summed E-state index contributed by atoms with van der Waals surface area (Å²) in [5.74, 6) is -0.840. The van der Waals surface area contributed by atoms with Crippen LogP contribution in [0, 0.1) is 0 Å². The average molecular weight is 198 g/mol. The Labute approximate surface area is 79.2 Å². The number of methoxy groups -OCH3 is 2. The molecule has 1 heterocycles. The van der Waals surface area contributed by atoms with Gasteiger partial charge in [0.05, 0.1) is 13.2 Å². The van der Waals surface area contributed by atoms with E-state index >= 15 is 0 Å². The van der Waals surface area contributed by atoms with E-state index in [1.165, 1.54) is 0 Å². The molecular formula is C7H16ClNO3. The lowest BCUT2D eigenvalue weighted by Crippen LogP contribution is -2.52. The van der Waals surface area contributed by atoms with E-state index in [1.54, 1.807) is 14.2 Å². The number of likely N-dealkylation sites (N-methyl/N-ethyl adjacent to an activating group) is 1. The Morgan fingerprint density at radius 1 is 1.33 bits per heavy atom. The molecule has 0 spiro atoms. The van der Waals surface area contributed by atoms with Gasteiger partial charge in [0.2, 0.25) is 0 Å². The summed E-state index contributed by atoms with van der Waals surface area (Å²) in [5, 5.41) is 0. The lowest BCUT2D eigenvalue weighted by atomic mass is 10.4. The summed E-state index contributed by atoms with van der Waals surface area (Å²) < 4.78 is 15.6. The van der Waals surface area contributed by atoms with Crippen LogP contribution in [0.25, 0.3) is 0 Å². The highest BCUT2D eigenvalue weighted by Crippen LogP contribution is 2.17. The van der Waals surface area contributed by atoms with Gasteiger partial charge in [-0.05, 0) is 7.05 Å². The van der Waals surface area contributed by atoms with Crippen LogP contribution in [0.3, 0.4) is 0 Å². The number of morpholine rings is 1. The summed E-state index contributed by atoms with van der Waals surface area (Å²) in [6.07, 6.45) is 0. The third-order valence-corrected chi connectivity index (χ3v) is 1.88. The molecule has 0 atom stereocenters. The monoisotopic (exact) mass is 197 g/mol. The van der Waals surface area contributed by atoms with E-state index in [0.717, 1.165) is 6.54 Å². The van der Waals surface area contributed by atoms with Crippen molar-refractivity contribution in [3.8, 4) is 0 Å². The molecular weight excluding hydrogens is 182 g/mol. The van der Waals surface area contributed by atoms with Gasteiger partial charge in [0, 0.05) is 20.8 Å². The minimum atomic E-state index is -0.840. The standard InChI is InChI=1S/C7H15NO3.ClH/c1-8-4-5-11-7(6-8,9-2)10-3;/h4-6H2,1-3H3;1H. The third-order valence-electron chi connectivity index (χ3n) is 1.88. The number of ether oxygens (including phenoxy) is 3. The van der Waals surface area contributed by atoms with Crippen molar-refractivity contribution in [3.63, 3.8) is 0 Å². The van der Waals surface area contributed by atoms with Crippen LogP contribution in [0.1, 0.15) is 0 Å². The lowest BCUT2D eigenvalue weighted by molar-refractivity contribution is -0.379. The summed E-state index contributed by atoms with van der Waals surface area (Å²) >= 11 is 0. The molecule has 0 N–H and O–H groups in total. The molecule has 4 nitrogen and oxygen atoms in total. The van der Waals surface area contributed by atoms with Crippen molar-refractivity contribution in [2.24, 2.45) is 0 Å². The molecule has 0 radical (unpaired) electrons. The van der Waals surface area contributed by atoms with Gasteiger partial charge in [-0.2, -0.15) is 0 Å². The first-order valence-corrected chi connectivity index (χ1v) is 3.65. The lowest BCUT2D eigenvalue weighted by Gasteiger charge is -2.38. The van der Waals surface area contributed by atoms with E-state index in [9.17, 15) is 0 Å². The fourth-order valence-corrected chi connectivity index (χ4v) is 1.14. The second-order valence-corrected chi connectivity index (χ2v) is 2.68. The van der Waals surface area contributed by atoms with Crippen LogP contribution in [0.15, 0.2) is 0 Å². The van der Waals surface area contributed by atoms with E-state index in [4.69, 9.17) is 14.2 Å². The Balaban J connectivity index is 0.00000121. The van der Waals surface area contributed by atoms with Crippen molar-refractivity contribution in [1.29, 1.82) is 0 Å². The van der Waals surface area contributed by atoms with Crippen LogP contribution in [0.2, 0.25) is 0 Å². The highest BCUT2D eigenvalue weighted by molar-refractivity contribution is 5.85. The Bertz CT molecular complexity index is 130. The maximum absolute atomic E-state index is 5.35. The molecule has 5 heteroatoms. The molecule has 74 valence electrons. The zero-order valence-electron chi connectivity index (χ0n) is 7.70. The van der Waals surface area contributed by atoms with Gasteiger partial charge in [0.1, 0.15) is 0 Å². The van der Waals surface area contributed by atoms with Crippen LogP contribution >= 0.6 is 12.4 Å². The van der Waals surface area contributed by atoms with Crippen LogP contribution in [0.4, 0.5) is 0 Å². The molecule has 0 aromatic rings. The smallest absolute Gasteiger partial charge is 0.295 e. The number of nitrogens with zero attached hydrogens (tertiary/aromatic N) is 1. The number of rotatable bonds is 2. The van der Waals surface area contributed by atoms with Gasteiger partial charge in [-0.15, -0.1) is 12.4 Å². The molecule has 1 saturated heterocycles. The quantitative estimate of drug-likeness (QED) is 0.597. The molecule has 1 rings (SSSR count). The molecule has 1 fully saturated rings. The van der Waals surface area contributed by atoms with Gasteiger partial charge in [0.15, 0.2) is 0 Å². The predicted molar refractivity (Wildman–Crippen MR) is 47.4 cm³/mol. The first-order chi connectivity index (χ1) is 5.22. The molecule has 0 aromatic heterocycles. The summed E-state index contributed by atoms with van der Waals surface area (Å²) in [4.78, 5) is 2.11. The minimum absolute atomic E-state index is 0.